The molecule has 0 fully saturated rings. The maximum absolute atomic E-state index is 14.1. The molecule has 2 amide bonds. The highest BCUT2D eigenvalue weighted by atomic mass is 19.1. The number of rotatable bonds is 2. The van der Waals surface area contributed by atoms with Crippen molar-refractivity contribution in [2.45, 2.75) is 32.6 Å². The lowest BCUT2D eigenvalue weighted by Gasteiger charge is -2.17. The average molecular weight is 303 g/mol. The van der Waals surface area contributed by atoms with E-state index in [9.17, 15) is 23.9 Å². The van der Waals surface area contributed by atoms with Crippen LogP contribution in [-0.4, -0.2) is 22.7 Å². The number of anilines is 1. The van der Waals surface area contributed by atoms with Crippen molar-refractivity contribution in [2.75, 3.05) is 4.90 Å². The van der Waals surface area contributed by atoms with Gasteiger partial charge in [-0.3, -0.25) is 14.4 Å². The zero-order valence-electron chi connectivity index (χ0n) is 12.0. The highest BCUT2D eigenvalue weighted by Crippen LogP contribution is 2.38. The summed E-state index contributed by atoms with van der Waals surface area (Å²) in [4.78, 5) is 37.1. The fraction of sp³-hybridized carbons (Fsp3) is 0.312. The molecule has 0 atom stereocenters. The number of imide groups is 1. The van der Waals surface area contributed by atoms with Crippen molar-refractivity contribution in [2.24, 2.45) is 0 Å². The minimum Gasteiger partial charge on any atom is -0.507 e. The summed E-state index contributed by atoms with van der Waals surface area (Å²) >= 11 is 0. The first-order valence-electron chi connectivity index (χ1n) is 7.06. The van der Waals surface area contributed by atoms with E-state index in [4.69, 9.17) is 0 Å². The van der Waals surface area contributed by atoms with Crippen molar-refractivity contribution < 1.29 is 23.9 Å². The number of phenolic OH excluding ortho intramolecular Hbond substituents is 1. The fourth-order valence-electron chi connectivity index (χ4n) is 2.96. The van der Waals surface area contributed by atoms with Crippen LogP contribution in [0.15, 0.2) is 23.3 Å². The number of carbonyl (C=O) groups is 3. The van der Waals surface area contributed by atoms with E-state index < -0.39 is 29.2 Å². The van der Waals surface area contributed by atoms with Crippen LogP contribution in [-0.2, 0) is 9.59 Å². The highest BCUT2D eigenvalue weighted by molar-refractivity contribution is 6.33. The van der Waals surface area contributed by atoms with Gasteiger partial charge in [-0.2, -0.15) is 0 Å². The number of halogens is 1. The monoisotopic (exact) mass is 303 g/mol. The van der Waals surface area contributed by atoms with Gasteiger partial charge in [0.15, 0.2) is 11.6 Å². The molecule has 114 valence electrons. The van der Waals surface area contributed by atoms with Crippen LogP contribution in [0.1, 0.15) is 43.0 Å². The maximum atomic E-state index is 14.1. The molecule has 0 saturated carbocycles. The summed E-state index contributed by atoms with van der Waals surface area (Å²) in [6, 6.07) is 1.81. The number of Topliss-reactive ketones (excluding diaryl/α,β-unsaturated/α-hetero) is 1. The minimum absolute atomic E-state index is 0.123. The quantitative estimate of drug-likeness (QED) is 0.673. The van der Waals surface area contributed by atoms with Gasteiger partial charge in [-0.1, -0.05) is 0 Å². The van der Waals surface area contributed by atoms with Gasteiger partial charge in [0.05, 0.1) is 11.3 Å². The van der Waals surface area contributed by atoms with Crippen molar-refractivity contribution in [1.82, 2.24) is 0 Å². The first-order valence-corrected chi connectivity index (χ1v) is 7.06. The van der Waals surface area contributed by atoms with E-state index >= 15 is 0 Å². The molecule has 0 aromatic heterocycles. The van der Waals surface area contributed by atoms with E-state index in [0.717, 1.165) is 29.9 Å². The number of amides is 2. The Labute approximate surface area is 126 Å². The Bertz CT molecular complexity index is 723. The SMILES string of the molecule is CC(=O)c1cc(N2C(=O)C3=C(CCCC3)C2=O)c(F)cc1O. The first-order chi connectivity index (χ1) is 10.4. The van der Waals surface area contributed by atoms with Gasteiger partial charge in [-0.15, -0.1) is 0 Å². The smallest absolute Gasteiger partial charge is 0.261 e. The molecule has 1 aliphatic heterocycles. The average Bonchev–Trinajstić information content (AvgIpc) is 2.72. The van der Waals surface area contributed by atoms with Gasteiger partial charge in [0.25, 0.3) is 11.8 Å². The molecule has 5 nitrogen and oxygen atoms in total. The van der Waals surface area contributed by atoms with Crippen molar-refractivity contribution in [3.8, 4) is 5.75 Å². The molecule has 22 heavy (non-hydrogen) atoms. The number of benzene rings is 1. The molecular formula is C16H14FNO4. The van der Waals surface area contributed by atoms with Gasteiger partial charge in [0.2, 0.25) is 0 Å². The second kappa shape index (κ2) is 5.05. The Morgan fingerprint density at radius 3 is 2.18 bits per heavy atom. The summed E-state index contributed by atoms with van der Waals surface area (Å²) < 4.78 is 14.1. The van der Waals surface area contributed by atoms with Crippen LogP contribution in [0.25, 0.3) is 0 Å². The number of phenols is 1. The van der Waals surface area contributed by atoms with Crippen molar-refractivity contribution in [3.05, 3.63) is 34.7 Å². The minimum atomic E-state index is -0.913. The lowest BCUT2D eigenvalue weighted by molar-refractivity contribution is -0.120. The molecule has 6 heteroatoms. The number of nitrogens with zero attached hydrogens (tertiary/aromatic N) is 1. The molecule has 0 bridgehead atoms. The molecule has 1 aliphatic carbocycles. The molecule has 0 radical (unpaired) electrons. The molecule has 1 heterocycles. The Hall–Kier alpha value is -2.50. The Morgan fingerprint density at radius 2 is 1.68 bits per heavy atom. The van der Waals surface area contributed by atoms with Gasteiger partial charge in [-0.25, -0.2) is 9.29 Å². The van der Waals surface area contributed by atoms with Crippen LogP contribution in [0, 0.1) is 5.82 Å². The van der Waals surface area contributed by atoms with Crippen LogP contribution >= 0.6 is 0 Å². The van der Waals surface area contributed by atoms with Gasteiger partial charge in [-0.05, 0) is 38.7 Å². The van der Waals surface area contributed by atoms with E-state index in [1.165, 1.54) is 6.92 Å². The zero-order valence-corrected chi connectivity index (χ0v) is 12.0. The van der Waals surface area contributed by atoms with Crippen LogP contribution in [0.5, 0.6) is 5.75 Å². The molecule has 1 aromatic carbocycles. The molecule has 1 aromatic rings. The first kappa shape index (κ1) is 14.4. The molecule has 2 aliphatic rings. The lowest BCUT2D eigenvalue weighted by atomic mass is 9.93. The third-order valence-corrected chi connectivity index (χ3v) is 4.08. The zero-order chi connectivity index (χ0) is 16.0. The van der Waals surface area contributed by atoms with Gasteiger partial charge in [0, 0.05) is 17.2 Å². The Kier molecular flexibility index (Phi) is 3.31. The Balaban J connectivity index is 2.09. The standard InChI is InChI=1S/C16H14FNO4/c1-8(19)11-6-13(12(17)7-14(11)20)18-15(21)9-4-2-3-5-10(9)16(18)22/h6-7,20H,2-5H2,1H3. The van der Waals surface area contributed by atoms with Gasteiger partial charge >= 0.3 is 0 Å². The summed E-state index contributed by atoms with van der Waals surface area (Å²) in [5.74, 6) is -2.96. The predicted octanol–water partition coefficient (Wildman–Crippen LogP) is 2.48. The van der Waals surface area contributed by atoms with Crippen LogP contribution in [0.4, 0.5) is 10.1 Å². The normalized spacial score (nSPS) is 18.0. The van der Waals surface area contributed by atoms with Gasteiger partial charge in [0.1, 0.15) is 5.75 Å². The highest BCUT2D eigenvalue weighted by Gasteiger charge is 2.41. The number of ketones is 1. The van der Waals surface area contributed by atoms with E-state index in [-0.39, 0.29) is 11.3 Å². The van der Waals surface area contributed by atoms with E-state index in [1.807, 2.05) is 0 Å². The second-order valence-electron chi connectivity index (χ2n) is 5.49. The van der Waals surface area contributed by atoms with Crippen LogP contribution < -0.4 is 4.90 Å². The molecule has 1 N–H and O–H groups in total. The van der Waals surface area contributed by atoms with Crippen LogP contribution in [0.3, 0.4) is 0 Å². The molecule has 3 rings (SSSR count). The number of carbonyl (C=O) groups excluding carboxylic acids is 3. The van der Waals surface area contributed by atoms with E-state index in [2.05, 4.69) is 0 Å². The van der Waals surface area contributed by atoms with E-state index in [0.29, 0.717) is 24.0 Å². The second-order valence-corrected chi connectivity index (χ2v) is 5.49. The fourth-order valence-corrected chi connectivity index (χ4v) is 2.96. The third-order valence-electron chi connectivity index (χ3n) is 4.08. The molecule has 0 unspecified atom stereocenters. The third kappa shape index (κ3) is 2.03. The molecular weight excluding hydrogens is 289 g/mol. The summed E-state index contributed by atoms with van der Waals surface area (Å²) in [5, 5.41) is 9.61. The van der Waals surface area contributed by atoms with Crippen molar-refractivity contribution >= 4 is 23.3 Å². The summed E-state index contributed by atoms with van der Waals surface area (Å²) in [5.41, 5.74) is 0.468. The molecule has 0 spiro atoms. The number of hydrogen-bond donors (Lipinski definition) is 1. The summed E-state index contributed by atoms with van der Waals surface area (Å²) in [7, 11) is 0. The lowest BCUT2D eigenvalue weighted by Crippen LogP contribution is -2.32. The summed E-state index contributed by atoms with van der Waals surface area (Å²) in [6.07, 6.45) is 2.66. The van der Waals surface area contributed by atoms with Gasteiger partial charge < -0.3 is 5.11 Å². The Morgan fingerprint density at radius 1 is 1.14 bits per heavy atom. The topological polar surface area (TPSA) is 74.7 Å². The van der Waals surface area contributed by atoms with E-state index in [1.54, 1.807) is 0 Å². The van der Waals surface area contributed by atoms with Crippen molar-refractivity contribution in [1.29, 1.82) is 0 Å². The predicted molar refractivity (Wildman–Crippen MR) is 76.1 cm³/mol. The number of aromatic hydroxyl groups is 1. The van der Waals surface area contributed by atoms with Crippen molar-refractivity contribution in [3.63, 3.8) is 0 Å². The molecule has 0 saturated heterocycles. The number of hydrogen-bond acceptors (Lipinski definition) is 4. The maximum Gasteiger partial charge on any atom is 0.261 e. The van der Waals surface area contributed by atoms with Crippen LogP contribution in [0.2, 0.25) is 0 Å². The largest absolute Gasteiger partial charge is 0.507 e. The summed E-state index contributed by atoms with van der Waals surface area (Å²) in [6.45, 7) is 1.22.